The molecule has 0 atom stereocenters. The van der Waals surface area contributed by atoms with Gasteiger partial charge in [-0.25, -0.2) is 4.98 Å². The van der Waals surface area contributed by atoms with E-state index in [0.29, 0.717) is 22.5 Å². The summed E-state index contributed by atoms with van der Waals surface area (Å²) in [7, 11) is 0. The van der Waals surface area contributed by atoms with Crippen LogP contribution in [0.3, 0.4) is 0 Å². The predicted octanol–water partition coefficient (Wildman–Crippen LogP) is 5.90. The molecule has 3 aromatic rings. The highest BCUT2D eigenvalue weighted by Crippen LogP contribution is 2.41. The van der Waals surface area contributed by atoms with Crippen molar-refractivity contribution in [3.63, 3.8) is 0 Å². The van der Waals surface area contributed by atoms with Crippen molar-refractivity contribution in [2.45, 2.75) is 18.0 Å². The van der Waals surface area contributed by atoms with E-state index < -0.39 is 23.5 Å². The summed E-state index contributed by atoms with van der Waals surface area (Å²) in [6.07, 6.45) is -4.13. The zero-order valence-corrected chi connectivity index (χ0v) is 16.2. The monoisotopic (exact) mass is 418 g/mol. The van der Waals surface area contributed by atoms with Crippen LogP contribution in [-0.4, -0.2) is 21.8 Å². The van der Waals surface area contributed by atoms with Crippen molar-refractivity contribution in [3.8, 4) is 5.88 Å². The maximum atomic E-state index is 13.3. The fraction of sp³-hybridized carbons (Fsp3) is 0.143. The summed E-state index contributed by atoms with van der Waals surface area (Å²) in [5.74, 6) is -0.554. The molecule has 0 aliphatic carbocycles. The number of alkyl halides is 3. The van der Waals surface area contributed by atoms with Crippen molar-refractivity contribution in [3.05, 3.63) is 78.0 Å². The molecule has 0 aliphatic rings. The van der Waals surface area contributed by atoms with E-state index in [-0.39, 0.29) is 11.3 Å². The molecule has 1 amide bonds. The number of amides is 1. The lowest BCUT2D eigenvalue weighted by Gasteiger charge is -2.26. The van der Waals surface area contributed by atoms with Crippen molar-refractivity contribution in [1.29, 1.82) is 0 Å². The van der Waals surface area contributed by atoms with E-state index in [1.807, 2.05) is 6.92 Å². The minimum Gasteiger partial charge on any atom is -0.492 e. The van der Waals surface area contributed by atoms with E-state index in [1.54, 1.807) is 54.6 Å². The number of aromatic hydroxyl groups is 1. The van der Waals surface area contributed by atoms with Crippen LogP contribution in [0, 0.1) is 0 Å². The second-order valence-electron chi connectivity index (χ2n) is 5.97. The van der Waals surface area contributed by atoms with Crippen molar-refractivity contribution in [1.82, 2.24) is 4.98 Å². The average Bonchev–Trinajstić information content (AvgIpc) is 2.70. The van der Waals surface area contributed by atoms with Gasteiger partial charge in [0.1, 0.15) is 5.69 Å². The molecule has 1 heterocycles. The number of rotatable bonds is 5. The number of hydrogen-bond acceptors (Lipinski definition) is 4. The van der Waals surface area contributed by atoms with Crippen molar-refractivity contribution < 1.29 is 23.1 Å². The second-order valence-corrected chi connectivity index (χ2v) is 7.28. The maximum absolute atomic E-state index is 13.3. The van der Waals surface area contributed by atoms with E-state index in [4.69, 9.17) is 0 Å². The SMILES string of the molecule is CCSc1ccccc1N(C(=O)c1ccccc1)c1cc(C(F)(F)F)cnc1O. The Bertz CT molecular complexity index is 1010. The first-order valence-electron chi connectivity index (χ1n) is 8.70. The number of carbonyl (C=O) groups excluding carboxylic acids is 1. The van der Waals surface area contributed by atoms with Gasteiger partial charge in [-0.2, -0.15) is 13.2 Å². The number of carbonyl (C=O) groups is 1. The van der Waals surface area contributed by atoms with Crippen LogP contribution in [0.25, 0.3) is 0 Å². The van der Waals surface area contributed by atoms with Gasteiger partial charge in [0.05, 0.1) is 11.3 Å². The van der Waals surface area contributed by atoms with Gasteiger partial charge in [0.15, 0.2) is 0 Å². The smallest absolute Gasteiger partial charge is 0.417 e. The summed E-state index contributed by atoms with van der Waals surface area (Å²) in [5, 5.41) is 10.3. The number of pyridine rings is 1. The molecule has 0 radical (unpaired) electrons. The largest absolute Gasteiger partial charge is 0.492 e. The Morgan fingerprint density at radius 1 is 1.07 bits per heavy atom. The third-order valence-corrected chi connectivity index (χ3v) is 4.99. The summed E-state index contributed by atoms with van der Waals surface area (Å²) < 4.78 is 39.8. The van der Waals surface area contributed by atoms with E-state index in [9.17, 15) is 23.1 Å². The van der Waals surface area contributed by atoms with Crippen molar-refractivity contribution in [2.75, 3.05) is 10.7 Å². The third-order valence-electron chi connectivity index (χ3n) is 4.05. The first kappa shape index (κ1) is 20.7. The fourth-order valence-corrected chi connectivity index (χ4v) is 3.54. The summed E-state index contributed by atoms with van der Waals surface area (Å²) in [4.78, 5) is 18.6. The standard InChI is InChI=1S/C21H17F3N2O2S/c1-2-29-18-11-7-6-10-16(18)26(20(28)14-8-4-3-5-9-14)17-12-15(21(22,23)24)13-25-19(17)27/h3-13H,2H2,1H3,(H,25,27). The zero-order valence-electron chi connectivity index (χ0n) is 15.3. The number of thioether (sulfide) groups is 1. The van der Waals surface area contributed by atoms with E-state index in [0.717, 1.165) is 11.0 Å². The topological polar surface area (TPSA) is 53.4 Å². The van der Waals surface area contributed by atoms with E-state index >= 15 is 0 Å². The molecule has 0 unspecified atom stereocenters. The summed E-state index contributed by atoms with van der Waals surface area (Å²) >= 11 is 1.43. The van der Waals surface area contributed by atoms with Crippen LogP contribution in [0.4, 0.5) is 24.5 Å². The first-order chi connectivity index (χ1) is 13.8. The van der Waals surface area contributed by atoms with Gasteiger partial charge in [0.2, 0.25) is 5.88 Å². The van der Waals surface area contributed by atoms with Crippen LogP contribution in [-0.2, 0) is 6.18 Å². The van der Waals surface area contributed by atoms with Crippen LogP contribution < -0.4 is 4.90 Å². The van der Waals surface area contributed by atoms with E-state index in [1.165, 1.54) is 11.8 Å². The molecule has 1 N–H and O–H groups in total. The Morgan fingerprint density at radius 2 is 1.72 bits per heavy atom. The third kappa shape index (κ3) is 4.54. The average molecular weight is 418 g/mol. The van der Waals surface area contributed by atoms with Crippen LogP contribution >= 0.6 is 11.8 Å². The second kappa shape index (κ2) is 8.57. The maximum Gasteiger partial charge on any atom is 0.417 e. The van der Waals surface area contributed by atoms with Gasteiger partial charge >= 0.3 is 6.18 Å². The Morgan fingerprint density at radius 3 is 2.38 bits per heavy atom. The van der Waals surface area contributed by atoms with Gasteiger partial charge in [0, 0.05) is 16.7 Å². The first-order valence-corrected chi connectivity index (χ1v) is 9.69. The number of halogens is 3. The highest BCUT2D eigenvalue weighted by molar-refractivity contribution is 7.99. The summed E-state index contributed by atoms with van der Waals surface area (Å²) in [6, 6.07) is 15.7. The molecule has 0 bridgehead atoms. The molecular formula is C21H17F3N2O2S. The molecule has 0 saturated carbocycles. The summed E-state index contributed by atoms with van der Waals surface area (Å²) in [6.45, 7) is 1.92. The molecule has 1 aromatic heterocycles. The number of benzene rings is 2. The van der Waals surface area contributed by atoms with Gasteiger partial charge in [-0.1, -0.05) is 37.3 Å². The minimum atomic E-state index is -4.67. The molecule has 29 heavy (non-hydrogen) atoms. The van der Waals surface area contributed by atoms with Crippen LogP contribution in [0.5, 0.6) is 5.88 Å². The number of para-hydroxylation sites is 1. The highest BCUT2D eigenvalue weighted by Gasteiger charge is 2.34. The molecule has 0 fully saturated rings. The molecule has 2 aromatic carbocycles. The van der Waals surface area contributed by atoms with Gasteiger partial charge in [-0.3, -0.25) is 9.69 Å². The zero-order chi connectivity index (χ0) is 21.0. The lowest BCUT2D eigenvalue weighted by Crippen LogP contribution is -2.27. The van der Waals surface area contributed by atoms with Crippen molar-refractivity contribution in [2.24, 2.45) is 0 Å². The minimum absolute atomic E-state index is 0.264. The number of hydrogen-bond donors (Lipinski definition) is 1. The van der Waals surface area contributed by atoms with E-state index in [2.05, 4.69) is 4.98 Å². The summed E-state index contributed by atoms with van der Waals surface area (Å²) in [5.41, 5.74) is -0.764. The van der Waals surface area contributed by atoms with Crippen molar-refractivity contribution >= 4 is 29.0 Å². The molecule has 3 rings (SSSR count). The van der Waals surface area contributed by atoms with Gasteiger partial charge < -0.3 is 5.11 Å². The molecule has 4 nitrogen and oxygen atoms in total. The predicted molar refractivity (Wildman–Crippen MR) is 107 cm³/mol. The number of nitrogens with zero attached hydrogens (tertiary/aromatic N) is 2. The van der Waals surface area contributed by atoms with Crippen LogP contribution in [0.15, 0.2) is 71.8 Å². The molecular weight excluding hydrogens is 401 g/mol. The molecule has 150 valence electrons. The molecule has 8 heteroatoms. The van der Waals surface area contributed by atoms with Gasteiger partial charge in [-0.05, 0) is 36.1 Å². The van der Waals surface area contributed by atoms with Crippen LogP contribution in [0.2, 0.25) is 0 Å². The Hall–Kier alpha value is -3.00. The normalized spacial score (nSPS) is 11.3. The Labute approximate surface area is 170 Å². The Balaban J connectivity index is 2.24. The number of anilines is 2. The molecule has 0 spiro atoms. The lowest BCUT2D eigenvalue weighted by molar-refractivity contribution is -0.137. The lowest BCUT2D eigenvalue weighted by atomic mass is 10.1. The fourth-order valence-electron chi connectivity index (χ4n) is 2.74. The molecule has 0 aliphatic heterocycles. The van der Waals surface area contributed by atoms with Gasteiger partial charge in [-0.15, -0.1) is 11.8 Å². The highest BCUT2D eigenvalue weighted by atomic mass is 32.2. The van der Waals surface area contributed by atoms with Crippen LogP contribution in [0.1, 0.15) is 22.8 Å². The quantitative estimate of drug-likeness (QED) is 0.525. The Kier molecular flexibility index (Phi) is 6.12. The molecule has 0 saturated heterocycles. The van der Waals surface area contributed by atoms with Gasteiger partial charge in [0.25, 0.3) is 5.91 Å². The number of aromatic nitrogens is 1.